The molecule has 1 aliphatic rings. The smallest absolute Gasteiger partial charge is 0.217 e. The highest BCUT2D eigenvalue weighted by Gasteiger charge is 2.53. The topological polar surface area (TPSA) is 49.3 Å². The summed E-state index contributed by atoms with van der Waals surface area (Å²) in [5, 5.41) is 13.6. The Balaban J connectivity index is 2.26. The van der Waals surface area contributed by atoms with Crippen LogP contribution in [-0.4, -0.2) is 17.1 Å². The van der Waals surface area contributed by atoms with Crippen molar-refractivity contribution in [3.8, 4) is 0 Å². The van der Waals surface area contributed by atoms with E-state index in [1.54, 1.807) is 0 Å². The third kappa shape index (κ3) is 1.95. The SMILES string of the molecule is CC(=O)N[C@H]1C[C@@H](C)[C@]1(O)c1ccc(C)cc1. The molecule has 0 aliphatic heterocycles. The predicted molar refractivity (Wildman–Crippen MR) is 66.5 cm³/mol. The quantitative estimate of drug-likeness (QED) is 0.817. The van der Waals surface area contributed by atoms with Gasteiger partial charge in [-0.1, -0.05) is 36.8 Å². The van der Waals surface area contributed by atoms with E-state index in [4.69, 9.17) is 0 Å². The Hall–Kier alpha value is -1.35. The molecule has 2 N–H and O–H groups in total. The first-order chi connectivity index (χ1) is 7.94. The van der Waals surface area contributed by atoms with Crippen molar-refractivity contribution >= 4 is 5.91 Å². The highest BCUT2D eigenvalue weighted by molar-refractivity contribution is 5.73. The molecule has 3 heteroatoms. The molecule has 1 aromatic rings. The van der Waals surface area contributed by atoms with Crippen LogP contribution in [0.25, 0.3) is 0 Å². The first-order valence-corrected chi connectivity index (χ1v) is 6.01. The minimum atomic E-state index is -0.917. The number of benzene rings is 1. The number of hydrogen-bond acceptors (Lipinski definition) is 2. The number of carbonyl (C=O) groups excluding carboxylic acids is 1. The highest BCUT2D eigenvalue weighted by Crippen LogP contribution is 2.46. The van der Waals surface area contributed by atoms with Crippen LogP contribution in [0.4, 0.5) is 0 Å². The van der Waals surface area contributed by atoms with Crippen LogP contribution in [0.3, 0.4) is 0 Å². The number of carbonyl (C=O) groups is 1. The molecule has 0 aromatic heterocycles. The van der Waals surface area contributed by atoms with Gasteiger partial charge >= 0.3 is 0 Å². The van der Waals surface area contributed by atoms with Gasteiger partial charge in [-0.3, -0.25) is 4.79 Å². The van der Waals surface area contributed by atoms with Crippen molar-refractivity contribution in [1.29, 1.82) is 0 Å². The lowest BCUT2D eigenvalue weighted by molar-refractivity contribution is -0.142. The minimum Gasteiger partial charge on any atom is -0.383 e. The fraction of sp³-hybridized carbons (Fsp3) is 0.500. The molecule has 0 radical (unpaired) electrons. The molecule has 1 fully saturated rings. The van der Waals surface area contributed by atoms with Crippen molar-refractivity contribution < 1.29 is 9.90 Å². The Bertz CT molecular complexity index is 426. The van der Waals surface area contributed by atoms with Gasteiger partial charge in [0.05, 0.1) is 6.04 Å². The van der Waals surface area contributed by atoms with Crippen LogP contribution in [0.1, 0.15) is 31.4 Å². The van der Waals surface area contributed by atoms with E-state index in [0.717, 1.165) is 12.0 Å². The maximum Gasteiger partial charge on any atom is 0.217 e. The second-order valence-corrected chi connectivity index (χ2v) is 5.08. The molecule has 0 unspecified atom stereocenters. The Kier molecular flexibility index (Phi) is 2.96. The van der Waals surface area contributed by atoms with Crippen LogP contribution in [-0.2, 0) is 10.4 Å². The van der Waals surface area contributed by atoms with Crippen molar-refractivity contribution in [3.05, 3.63) is 35.4 Å². The Morgan fingerprint density at radius 1 is 1.41 bits per heavy atom. The van der Waals surface area contributed by atoms with Gasteiger partial charge in [0.15, 0.2) is 0 Å². The van der Waals surface area contributed by atoms with Crippen LogP contribution in [0, 0.1) is 12.8 Å². The molecule has 3 atom stereocenters. The van der Waals surface area contributed by atoms with E-state index in [9.17, 15) is 9.90 Å². The van der Waals surface area contributed by atoms with Gasteiger partial charge in [-0.15, -0.1) is 0 Å². The third-order valence-corrected chi connectivity index (χ3v) is 3.76. The Labute approximate surface area is 102 Å². The summed E-state index contributed by atoms with van der Waals surface area (Å²) in [6.07, 6.45) is 0.823. The normalized spacial score (nSPS) is 31.8. The zero-order valence-electron chi connectivity index (χ0n) is 10.5. The van der Waals surface area contributed by atoms with E-state index in [1.165, 1.54) is 12.5 Å². The van der Waals surface area contributed by atoms with Crippen LogP contribution in [0.15, 0.2) is 24.3 Å². The number of aliphatic hydroxyl groups is 1. The summed E-state index contributed by atoms with van der Waals surface area (Å²) in [4.78, 5) is 11.1. The van der Waals surface area contributed by atoms with E-state index in [-0.39, 0.29) is 17.9 Å². The molecule has 17 heavy (non-hydrogen) atoms. The predicted octanol–water partition coefficient (Wildman–Crippen LogP) is 1.73. The van der Waals surface area contributed by atoms with Gasteiger partial charge in [-0.2, -0.15) is 0 Å². The van der Waals surface area contributed by atoms with Gasteiger partial charge in [0.2, 0.25) is 5.91 Å². The van der Waals surface area contributed by atoms with Crippen LogP contribution in [0.2, 0.25) is 0 Å². The molecule has 0 saturated heterocycles. The van der Waals surface area contributed by atoms with E-state index in [1.807, 2.05) is 38.1 Å². The molecule has 1 aliphatic carbocycles. The highest BCUT2D eigenvalue weighted by atomic mass is 16.3. The van der Waals surface area contributed by atoms with E-state index in [2.05, 4.69) is 5.32 Å². The molecule has 1 aromatic carbocycles. The van der Waals surface area contributed by atoms with Crippen molar-refractivity contribution in [2.45, 2.75) is 38.8 Å². The standard InChI is InChI=1S/C14H19NO2/c1-9-4-6-12(7-5-9)14(17)10(2)8-13(14)15-11(3)16/h4-7,10,13,17H,8H2,1-3H3,(H,15,16)/t10-,13+,14+/m1/s1. The average Bonchev–Trinajstić information content (AvgIpc) is 2.28. The second kappa shape index (κ2) is 4.15. The third-order valence-electron chi connectivity index (χ3n) is 3.76. The summed E-state index contributed by atoms with van der Waals surface area (Å²) in [6.45, 7) is 5.51. The molecule has 0 heterocycles. The Morgan fingerprint density at radius 3 is 2.47 bits per heavy atom. The first kappa shape index (κ1) is 12.1. The monoisotopic (exact) mass is 233 g/mol. The molecule has 1 amide bonds. The maximum absolute atomic E-state index is 11.1. The lowest BCUT2D eigenvalue weighted by Crippen LogP contribution is -2.62. The van der Waals surface area contributed by atoms with E-state index < -0.39 is 5.60 Å². The lowest BCUT2D eigenvalue weighted by atomic mass is 9.62. The molecular weight excluding hydrogens is 214 g/mol. The van der Waals surface area contributed by atoms with Crippen molar-refractivity contribution in [2.75, 3.05) is 0 Å². The van der Waals surface area contributed by atoms with Gasteiger partial charge in [0.25, 0.3) is 0 Å². The summed E-state index contributed by atoms with van der Waals surface area (Å²) in [6, 6.07) is 7.70. The first-order valence-electron chi connectivity index (χ1n) is 6.01. The Morgan fingerprint density at radius 2 is 2.00 bits per heavy atom. The zero-order valence-corrected chi connectivity index (χ0v) is 10.5. The number of hydrogen-bond donors (Lipinski definition) is 2. The zero-order chi connectivity index (χ0) is 12.6. The molecule has 92 valence electrons. The molecule has 3 nitrogen and oxygen atoms in total. The minimum absolute atomic E-state index is 0.0903. The summed E-state index contributed by atoms with van der Waals surface area (Å²) in [5.41, 5.74) is 1.14. The van der Waals surface area contributed by atoms with Gasteiger partial charge in [0, 0.05) is 6.92 Å². The maximum atomic E-state index is 11.1. The van der Waals surface area contributed by atoms with Crippen LogP contribution >= 0.6 is 0 Å². The fourth-order valence-corrected chi connectivity index (χ4v) is 2.62. The number of rotatable bonds is 2. The van der Waals surface area contributed by atoms with Crippen molar-refractivity contribution in [2.24, 2.45) is 5.92 Å². The van der Waals surface area contributed by atoms with Crippen LogP contribution < -0.4 is 5.32 Å². The van der Waals surface area contributed by atoms with Crippen LogP contribution in [0.5, 0.6) is 0 Å². The van der Waals surface area contributed by atoms with Crippen molar-refractivity contribution in [1.82, 2.24) is 5.32 Å². The van der Waals surface area contributed by atoms with Gasteiger partial charge in [-0.25, -0.2) is 0 Å². The van der Waals surface area contributed by atoms with E-state index >= 15 is 0 Å². The number of amides is 1. The molecule has 0 bridgehead atoms. The van der Waals surface area contributed by atoms with E-state index in [0.29, 0.717) is 0 Å². The second-order valence-electron chi connectivity index (χ2n) is 5.08. The summed E-state index contributed by atoms with van der Waals surface area (Å²) in [5.74, 6) is 0.0782. The average molecular weight is 233 g/mol. The molecule has 1 saturated carbocycles. The summed E-state index contributed by atoms with van der Waals surface area (Å²) >= 11 is 0. The number of aryl methyl sites for hydroxylation is 1. The lowest BCUT2D eigenvalue weighted by Gasteiger charge is -2.51. The number of nitrogens with one attached hydrogen (secondary N) is 1. The molecular formula is C14H19NO2. The van der Waals surface area contributed by atoms with Crippen molar-refractivity contribution in [3.63, 3.8) is 0 Å². The van der Waals surface area contributed by atoms with Gasteiger partial charge in [-0.05, 0) is 24.8 Å². The van der Waals surface area contributed by atoms with Gasteiger partial charge in [0.1, 0.15) is 5.60 Å². The molecule has 0 spiro atoms. The summed E-state index contributed by atoms with van der Waals surface area (Å²) in [7, 11) is 0. The fourth-order valence-electron chi connectivity index (χ4n) is 2.62. The summed E-state index contributed by atoms with van der Waals surface area (Å²) < 4.78 is 0. The largest absolute Gasteiger partial charge is 0.383 e. The van der Waals surface area contributed by atoms with Gasteiger partial charge < -0.3 is 10.4 Å². The molecule has 2 rings (SSSR count).